The van der Waals surface area contributed by atoms with E-state index in [1.807, 2.05) is 23.2 Å². The van der Waals surface area contributed by atoms with Crippen molar-refractivity contribution in [2.75, 3.05) is 13.1 Å². The first-order valence-corrected chi connectivity index (χ1v) is 6.30. The van der Waals surface area contributed by atoms with Crippen LogP contribution >= 0.6 is 0 Å². The summed E-state index contributed by atoms with van der Waals surface area (Å²) in [4.78, 5) is 17.0. The summed E-state index contributed by atoms with van der Waals surface area (Å²) in [5.41, 5.74) is 7.96. The quantitative estimate of drug-likeness (QED) is 0.857. The fraction of sp³-hybridized carbons (Fsp3) is 0.357. The van der Waals surface area contributed by atoms with Gasteiger partial charge in [-0.1, -0.05) is 12.1 Å². The molecule has 0 bridgehead atoms. The molecule has 0 spiro atoms. The molecule has 1 aliphatic rings. The maximum atomic E-state index is 11.9. The van der Waals surface area contributed by atoms with E-state index in [2.05, 4.69) is 17.1 Å². The van der Waals surface area contributed by atoms with Gasteiger partial charge in [0.1, 0.15) is 0 Å². The van der Waals surface area contributed by atoms with E-state index in [1.54, 1.807) is 0 Å². The zero-order valence-electron chi connectivity index (χ0n) is 10.2. The van der Waals surface area contributed by atoms with Crippen molar-refractivity contribution in [1.29, 1.82) is 0 Å². The summed E-state index contributed by atoms with van der Waals surface area (Å²) in [6, 6.07) is 8.22. The van der Waals surface area contributed by atoms with Gasteiger partial charge < -0.3 is 15.6 Å². The van der Waals surface area contributed by atoms with Gasteiger partial charge in [-0.25, -0.2) is 0 Å². The number of aromatic amines is 1. The first-order chi connectivity index (χ1) is 8.78. The summed E-state index contributed by atoms with van der Waals surface area (Å²) in [6.07, 6.45) is 2.53. The minimum atomic E-state index is 0.220. The number of nitrogens with zero attached hydrogens (tertiary/aromatic N) is 1. The van der Waals surface area contributed by atoms with Crippen LogP contribution in [0.5, 0.6) is 0 Å². The molecule has 3 rings (SSSR count). The minimum absolute atomic E-state index is 0.220. The Balaban J connectivity index is 1.84. The van der Waals surface area contributed by atoms with E-state index < -0.39 is 0 Å². The molecule has 1 unspecified atom stereocenters. The second kappa shape index (κ2) is 4.46. The topological polar surface area (TPSA) is 62.1 Å². The number of benzene rings is 1. The molecule has 1 aromatic carbocycles. The average molecular weight is 243 g/mol. The van der Waals surface area contributed by atoms with Gasteiger partial charge in [0.2, 0.25) is 5.91 Å². The second-order valence-corrected chi connectivity index (χ2v) is 4.94. The second-order valence-electron chi connectivity index (χ2n) is 4.94. The Morgan fingerprint density at radius 2 is 2.28 bits per heavy atom. The molecule has 1 atom stereocenters. The highest BCUT2D eigenvalue weighted by Crippen LogP contribution is 2.23. The van der Waals surface area contributed by atoms with Crippen molar-refractivity contribution in [2.24, 2.45) is 11.7 Å². The molecule has 4 heteroatoms. The van der Waals surface area contributed by atoms with Crippen LogP contribution in [0.3, 0.4) is 0 Å². The van der Waals surface area contributed by atoms with E-state index in [9.17, 15) is 4.79 Å². The van der Waals surface area contributed by atoms with Gasteiger partial charge in [0.15, 0.2) is 0 Å². The lowest BCUT2D eigenvalue weighted by molar-refractivity contribution is -0.128. The van der Waals surface area contributed by atoms with Crippen LogP contribution in [0.4, 0.5) is 0 Å². The Morgan fingerprint density at radius 1 is 1.39 bits per heavy atom. The summed E-state index contributed by atoms with van der Waals surface area (Å²) >= 11 is 0. The lowest BCUT2D eigenvalue weighted by atomic mass is 10.1. The lowest BCUT2D eigenvalue weighted by Gasteiger charge is -2.17. The van der Waals surface area contributed by atoms with Gasteiger partial charge in [-0.2, -0.15) is 0 Å². The van der Waals surface area contributed by atoms with Crippen LogP contribution in [-0.4, -0.2) is 28.9 Å². The Morgan fingerprint density at radius 3 is 3.06 bits per heavy atom. The molecule has 2 heterocycles. The van der Waals surface area contributed by atoms with Crippen molar-refractivity contribution < 1.29 is 4.79 Å². The monoisotopic (exact) mass is 243 g/mol. The van der Waals surface area contributed by atoms with Crippen molar-refractivity contribution in [2.45, 2.75) is 13.0 Å². The molecule has 18 heavy (non-hydrogen) atoms. The van der Waals surface area contributed by atoms with Gasteiger partial charge in [0, 0.05) is 36.6 Å². The predicted octanol–water partition coefficient (Wildman–Crippen LogP) is 1.48. The number of hydrogen-bond acceptors (Lipinski definition) is 2. The van der Waals surface area contributed by atoms with E-state index >= 15 is 0 Å². The first-order valence-electron chi connectivity index (χ1n) is 6.30. The minimum Gasteiger partial charge on any atom is -0.361 e. The molecule has 4 nitrogen and oxygen atoms in total. The molecule has 1 aliphatic heterocycles. The van der Waals surface area contributed by atoms with Gasteiger partial charge in [0.25, 0.3) is 0 Å². The third-order valence-corrected chi connectivity index (χ3v) is 3.67. The van der Waals surface area contributed by atoms with Gasteiger partial charge in [-0.3, -0.25) is 4.79 Å². The van der Waals surface area contributed by atoms with Gasteiger partial charge >= 0.3 is 0 Å². The Labute approximate surface area is 106 Å². The van der Waals surface area contributed by atoms with Crippen LogP contribution in [0.1, 0.15) is 12.0 Å². The van der Waals surface area contributed by atoms with Crippen LogP contribution in [-0.2, 0) is 11.3 Å². The zero-order valence-corrected chi connectivity index (χ0v) is 10.2. The average Bonchev–Trinajstić information content (AvgIpc) is 2.97. The lowest BCUT2D eigenvalue weighted by Crippen LogP contribution is -2.25. The molecule has 1 amide bonds. The number of carbonyl (C=O) groups is 1. The highest BCUT2D eigenvalue weighted by atomic mass is 16.2. The molecular weight excluding hydrogens is 226 g/mol. The van der Waals surface area contributed by atoms with Gasteiger partial charge in [0.05, 0.1) is 0 Å². The number of H-pyrrole nitrogens is 1. The van der Waals surface area contributed by atoms with Crippen molar-refractivity contribution >= 4 is 16.8 Å². The first kappa shape index (κ1) is 11.3. The van der Waals surface area contributed by atoms with Crippen LogP contribution in [0.15, 0.2) is 30.5 Å². The summed E-state index contributed by atoms with van der Waals surface area (Å²) in [6.45, 7) is 2.07. The molecule has 0 aliphatic carbocycles. The van der Waals surface area contributed by atoms with Crippen LogP contribution in [0, 0.1) is 5.92 Å². The summed E-state index contributed by atoms with van der Waals surface area (Å²) < 4.78 is 0. The van der Waals surface area contributed by atoms with Crippen molar-refractivity contribution in [3.05, 3.63) is 36.0 Å². The van der Waals surface area contributed by atoms with Gasteiger partial charge in [-0.05, 0) is 30.2 Å². The molecule has 1 aromatic heterocycles. The maximum Gasteiger partial charge on any atom is 0.223 e. The number of nitrogens with one attached hydrogen (secondary N) is 1. The smallest absolute Gasteiger partial charge is 0.223 e. The van der Waals surface area contributed by atoms with E-state index in [4.69, 9.17) is 5.73 Å². The molecule has 2 aromatic rings. The molecule has 0 saturated carbocycles. The summed E-state index contributed by atoms with van der Waals surface area (Å²) in [5.74, 6) is 0.543. The number of aromatic nitrogens is 1. The van der Waals surface area contributed by atoms with Crippen LogP contribution < -0.4 is 5.73 Å². The Bertz CT molecular complexity index is 575. The largest absolute Gasteiger partial charge is 0.361 e. The molecule has 3 N–H and O–H groups in total. The van der Waals surface area contributed by atoms with E-state index in [0.717, 1.165) is 12.1 Å². The summed E-state index contributed by atoms with van der Waals surface area (Å²) in [7, 11) is 0. The fourth-order valence-corrected chi connectivity index (χ4v) is 2.66. The Kier molecular flexibility index (Phi) is 2.80. The SMILES string of the molecule is NCC1CC(=O)N(Cc2cccc3[nH]ccc23)C1. The highest BCUT2D eigenvalue weighted by molar-refractivity contribution is 5.84. The number of rotatable bonds is 3. The molecule has 0 radical (unpaired) electrons. The number of likely N-dealkylation sites (tertiary alicyclic amines) is 1. The predicted molar refractivity (Wildman–Crippen MR) is 70.9 cm³/mol. The normalized spacial score (nSPS) is 19.9. The third-order valence-electron chi connectivity index (χ3n) is 3.67. The van der Waals surface area contributed by atoms with E-state index in [0.29, 0.717) is 25.4 Å². The highest BCUT2D eigenvalue weighted by Gasteiger charge is 2.28. The summed E-state index contributed by atoms with van der Waals surface area (Å²) in [5, 5.41) is 1.20. The van der Waals surface area contributed by atoms with E-state index in [-0.39, 0.29) is 5.91 Å². The number of hydrogen-bond donors (Lipinski definition) is 2. The third kappa shape index (κ3) is 1.88. The van der Waals surface area contributed by atoms with Crippen molar-refractivity contribution in [1.82, 2.24) is 9.88 Å². The van der Waals surface area contributed by atoms with Crippen molar-refractivity contribution in [3.63, 3.8) is 0 Å². The van der Waals surface area contributed by atoms with Crippen LogP contribution in [0.25, 0.3) is 10.9 Å². The standard InChI is InChI=1S/C14H17N3O/c15-7-10-6-14(18)17(8-10)9-11-2-1-3-13-12(11)4-5-16-13/h1-5,10,16H,6-9,15H2. The van der Waals surface area contributed by atoms with Crippen molar-refractivity contribution in [3.8, 4) is 0 Å². The van der Waals surface area contributed by atoms with E-state index in [1.165, 1.54) is 10.9 Å². The molecular formula is C14H17N3O. The number of carbonyl (C=O) groups excluding carboxylic acids is 1. The fourth-order valence-electron chi connectivity index (χ4n) is 2.66. The molecule has 1 saturated heterocycles. The van der Waals surface area contributed by atoms with Crippen LogP contribution in [0.2, 0.25) is 0 Å². The number of fused-ring (bicyclic) bond motifs is 1. The molecule has 1 fully saturated rings. The maximum absolute atomic E-state index is 11.9. The van der Waals surface area contributed by atoms with Gasteiger partial charge in [-0.15, -0.1) is 0 Å². The Hall–Kier alpha value is -1.81. The number of nitrogens with two attached hydrogens (primary N) is 1. The number of amides is 1. The molecule has 94 valence electrons. The zero-order chi connectivity index (χ0) is 12.5.